The molecule has 7 heteroatoms. The third-order valence-corrected chi connectivity index (χ3v) is 5.41. The van der Waals surface area contributed by atoms with E-state index in [9.17, 15) is 34.8 Å². The molecule has 7 nitrogen and oxygen atoms in total. The first-order valence-electron chi connectivity index (χ1n) is 8.37. The molecule has 0 amide bonds. The Bertz CT molecular complexity index is 1050. The molecule has 2 aliphatic carbocycles. The smallest absolute Gasteiger partial charge is 0.198 e. The highest BCUT2D eigenvalue weighted by Gasteiger charge is 2.44. The molecule has 2 aromatic rings. The molecule has 0 unspecified atom stereocenters. The molecule has 0 spiro atoms. The lowest BCUT2D eigenvalue weighted by molar-refractivity contribution is -0.139. The van der Waals surface area contributed by atoms with Gasteiger partial charge in [-0.25, -0.2) is 0 Å². The quantitative estimate of drug-likeness (QED) is 0.507. The highest BCUT2D eigenvalue weighted by atomic mass is 16.3. The molecule has 0 bridgehead atoms. The number of phenols is 2. The van der Waals surface area contributed by atoms with E-state index in [4.69, 9.17) is 0 Å². The van der Waals surface area contributed by atoms with Crippen LogP contribution in [0.4, 0.5) is 0 Å². The lowest BCUT2D eigenvalue weighted by Crippen LogP contribution is -2.44. The standard InChI is InChI=1S/C20H16O7/c1-8(21)20(27)6-9-5-11-16(19(26)14(9)13(23)7-20)17(24)10-3-2-4-12(22)15(10)18(11)25/h2-5,13,22-23,26-27H,6-7H2,1H3/t13-,20-/m1/s1. The molecule has 2 aliphatic rings. The Kier molecular flexibility index (Phi) is 3.53. The van der Waals surface area contributed by atoms with E-state index in [0.29, 0.717) is 0 Å². The molecule has 2 aromatic carbocycles. The normalized spacial score (nSPS) is 23.4. The summed E-state index contributed by atoms with van der Waals surface area (Å²) in [6, 6.07) is 5.38. The van der Waals surface area contributed by atoms with Gasteiger partial charge in [0, 0.05) is 29.5 Å². The van der Waals surface area contributed by atoms with Gasteiger partial charge in [0.2, 0.25) is 0 Å². The molecule has 138 valence electrons. The van der Waals surface area contributed by atoms with Gasteiger partial charge < -0.3 is 20.4 Å². The zero-order chi connectivity index (χ0) is 19.7. The summed E-state index contributed by atoms with van der Waals surface area (Å²) in [6.07, 6.45) is -1.90. The summed E-state index contributed by atoms with van der Waals surface area (Å²) >= 11 is 0. The number of carbonyl (C=O) groups excluding carboxylic acids is 3. The Labute approximate surface area is 153 Å². The summed E-state index contributed by atoms with van der Waals surface area (Å²) in [5.74, 6) is -2.73. The maximum atomic E-state index is 12.9. The average Bonchev–Trinajstić information content (AvgIpc) is 2.58. The lowest BCUT2D eigenvalue weighted by atomic mass is 9.73. The Morgan fingerprint density at radius 1 is 1.11 bits per heavy atom. The summed E-state index contributed by atoms with van der Waals surface area (Å²) in [5, 5.41) is 41.6. The molecule has 0 saturated heterocycles. The van der Waals surface area contributed by atoms with Crippen LogP contribution in [0.2, 0.25) is 0 Å². The molecule has 0 heterocycles. The summed E-state index contributed by atoms with van der Waals surface area (Å²) in [6.45, 7) is 1.19. The van der Waals surface area contributed by atoms with Crippen molar-refractivity contribution in [2.75, 3.05) is 0 Å². The van der Waals surface area contributed by atoms with Crippen LogP contribution in [-0.4, -0.2) is 43.4 Å². The second-order valence-electron chi connectivity index (χ2n) is 7.06. The summed E-state index contributed by atoms with van der Waals surface area (Å²) in [5.41, 5.74) is -2.16. The molecule has 27 heavy (non-hydrogen) atoms. The van der Waals surface area contributed by atoms with Crippen molar-refractivity contribution in [2.24, 2.45) is 0 Å². The van der Waals surface area contributed by atoms with Crippen LogP contribution in [-0.2, 0) is 11.2 Å². The molecule has 0 radical (unpaired) electrons. The molecule has 2 atom stereocenters. The number of hydrogen-bond donors (Lipinski definition) is 4. The van der Waals surface area contributed by atoms with Gasteiger partial charge >= 0.3 is 0 Å². The summed E-state index contributed by atoms with van der Waals surface area (Å²) in [4.78, 5) is 37.5. The van der Waals surface area contributed by atoms with Crippen molar-refractivity contribution < 1.29 is 34.8 Å². The number of benzene rings is 2. The van der Waals surface area contributed by atoms with Gasteiger partial charge in [-0.05, 0) is 24.6 Å². The first kappa shape index (κ1) is 17.4. The SMILES string of the molecule is CC(=O)[C@@]1(O)Cc2cc3c(c(O)c2[C@H](O)C1)C(=O)c1cccc(O)c1C3=O. The Balaban J connectivity index is 1.98. The van der Waals surface area contributed by atoms with Gasteiger partial charge in [-0.3, -0.25) is 14.4 Å². The zero-order valence-corrected chi connectivity index (χ0v) is 14.3. The number of carbonyl (C=O) groups is 3. The molecular formula is C20H16O7. The van der Waals surface area contributed by atoms with Crippen molar-refractivity contribution in [3.8, 4) is 11.5 Å². The van der Waals surface area contributed by atoms with Gasteiger partial charge in [0.15, 0.2) is 17.3 Å². The van der Waals surface area contributed by atoms with E-state index in [0.717, 1.165) is 0 Å². The number of aromatic hydroxyl groups is 2. The van der Waals surface area contributed by atoms with Crippen molar-refractivity contribution in [1.82, 2.24) is 0 Å². The topological polar surface area (TPSA) is 132 Å². The number of aliphatic hydroxyl groups is 2. The van der Waals surface area contributed by atoms with Crippen LogP contribution >= 0.6 is 0 Å². The predicted molar refractivity (Wildman–Crippen MR) is 92.0 cm³/mol. The minimum absolute atomic E-state index is 0.0319. The second kappa shape index (κ2) is 5.48. The molecular weight excluding hydrogens is 352 g/mol. The van der Waals surface area contributed by atoms with Crippen LogP contribution in [0.1, 0.15) is 62.4 Å². The molecule has 0 fully saturated rings. The maximum absolute atomic E-state index is 12.9. The number of Topliss-reactive ketones (excluding diaryl/α,β-unsaturated/α-hetero) is 1. The van der Waals surface area contributed by atoms with Gasteiger partial charge in [-0.15, -0.1) is 0 Å². The van der Waals surface area contributed by atoms with Crippen LogP contribution in [0.25, 0.3) is 0 Å². The van der Waals surface area contributed by atoms with E-state index in [1.54, 1.807) is 0 Å². The van der Waals surface area contributed by atoms with Crippen LogP contribution in [0.15, 0.2) is 24.3 Å². The first-order valence-corrected chi connectivity index (χ1v) is 8.37. The van der Waals surface area contributed by atoms with Crippen LogP contribution in [0, 0.1) is 0 Å². The van der Waals surface area contributed by atoms with E-state index < -0.39 is 34.8 Å². The number of rotatable bonds is 1. The molecule has 4 N–H and O–H groups in total. The van der Waals surface area contributed by atoms with Crippen molar-refractivity contribution >= 4 is 17.3 Å². The van der Waals surface area contributed by atoms with Gasteiger partial charge in [0.1, 0.15) is 17.1 Å². The van der Waals surface area contributed by atoms with Gasteiger partial charge in [0.25, 0.3) is 0 Å². The van der Waals surface area contributed by atoms with Crippen molar-refractivity contribution in [3.05, 3.63) is 57.6 Å². The van der Waals surface area contributed by atoms with Crippen LogP contribution < -0.4 is 0 Å². The van der Waals surface area contributed by atoms with Crippen molar-refractivity contribution in [2.45, 2.75) is 31.5 Å². The van der Waals surface area contributed by atoms with Gasteiger partial charge in [-0.1, -0.05) is 12.1 Å². The highest BCUT2D eigenvalue weighted by molar-refractivity contribution is 6.30. The molecule has 0 saturated carbocycles. The average molecular weight is 368 g/mol. The fourth-order valence-corrected chi connectivity index (χ4v) is 3.98. The number of aliphatic hydroxyl groups excluding tert-OH is 1. The Hall–Kier alpha value is -3.03. The largest absolute Gasteiger partial charge is 0.507 e. The number of ketones is 3. The zero-order valence-electron chi connectivity index (χ0n) is 14.3. The third kappa shape index (κ3) is 2.25. The van der Waals surface area contributed by atoms with Crippen molar-refractivity contribution in [3.63, 3.8) is 0 Å². The predicted octanol–water partition coefficient (Wildman–Crippen LogP) is 1.17. The van der Waals surface area contributed by atoms with Crippen LogP contribution in [0.5, 0.6) is 11.5 Å². The van der Waals surface area contributed by atoms with Crippen LogP contribution in [0.3, 0.4) is 0 Å². The number of hydrogen-bond acceptors (Lipinski definition) is 7. The van der Waals surface area contributed by atoms with E-state index in [2.05, 4.69) is 0 Å². The highest BCUT2D eigenvalue weighted by Crippen LogP contribution is 2.46. The summed E-state index contributed by atoms with van der Waals surface area (Å²) in [7, 11) is 0. The van der Waals surface area contributed by atoms with E-state index >= 15 is 0 Å². The second-order valence-corrected chi connectivity index (χ2v) is 7.06. The maximum Gasteiger partial charge on any atom is 0.198 e. The number of fused-ring (bicyclic) bond motifs is 3. The monoisotopic (exact) mass is 368 g/mol. The first-order chi connectivity index (χ1) is 12.7. The summed E-state index contributed by atoms with van der Waals surface area (Å²) < 4.78 is 0. The Morgan fingerprint density at radius 3 is 2.44 bits per heavy atom. The van der Waals surface area contributed by atoms with E-state index in [-0.39, 0.29) is 52.0 Å². The van der Waals surface area contributed by atoms with Gasteiger partial charge in [-0.2, -0.15) is 0 Å². The fourth-order valence-electron chi connectivity index (χ4n) is 3.98. The van der Waals surface area contributed by atoms with E-state index in [1.807, 2.05) is 0 Å². The number of phenolic OH excluding ortho intramolecular Hbond substituents is 2. The minimum atomic E-state index is -1.82. The Morgan fingerprint density at radius 2 is 1.78 bits per heavy atom. The lowest BCUT2D eigenvalue weighted by Gasteiger charge is -2.36. The van der Waals surface area contributed by atoms with E-state index in [1.165, 1.54) is 31.2 Å². The molecule has 4 rings (SSSR count). The van der Waals surface area contributed by atoms with Gasteiger partial charge in [0.05, 0.1) is 17.2 Å². The fraction of sp³-hybridized carbons (Fsp3) is 0.250. The molecule has 0 aromatic heterocycles. The third-order valence-electron chi connectivity index (χ3n) is 5.41. The van der Waals surface area contributed by atoms with Crippen molar-refractivity contribution in [1.29, 1.82) is 0 Å². The molecule has 0 aliphatic heterocycles. The minimum Gasteiger partial charge on any atom is -0.507 e.